The van der Waals surface area contributed by atoms with Gasteiger partial charge in [0.05, 0.1) is 30.4 Å². The summed E-state index contributed by atoms with van der Waals surface area (Å²) >= 11 is 1.10. The summed E-state index contributed by atoms with van der Waals surface area (Å²) in [5.74, 6) is -0.172. The van der Waals surface area contributed by atoms with E-state index in [4.69, 9.17) is 4.42 Å². The van der Waals surface area contributed by atoms with Crippen molar-refractivity contribution in [2.75, 3.05) is 48.2 Å². The molecule has 0 bridgehead atoms. The summed E-state index contributed by atoms with van der Waals surface area (Å²) in [4.78, 5) is 13.5. The Morgan fingerprint density at radius 1 is 1.15 bits per heavy atom. The van der Waals surface area contributed by atoms with Crippen LogP contribution in [0.2, 0.25) is 0 Å². The maximum atomic E-state index is 12.8. The first kappa shape index (κ1) is 23.4. The van der Waals surface area contributed by atoms with Crippen molar-refractivity contribution < 1.29 is 21.6 Å². The number of hydrogen-bond acceptors (Lipinski definition) is 10. The van der Waals surface area contributed by atoms with Crippen molar-refractivity contribution in [2.45, 2.75) is 19.9 Å². The first-order valence-electron chi connectivity index (χ1n) is 10.2. The quantitative estimate of drug-likeness (QED) is 0.462. The highest BCUT2D eigenvalue weighted by atomic mass is 32.2. The second-order valence-corrected chi connectivity index (χ2v) is 10.7. The molecule has 0 radical (unpaired) electrons. The monoisotopic (exact) mass is 499 g/mol. The van der Waals surface area contributed by atoms with Crippen LogP contribution in [0, 0.1) is 0 Å². The molecule has 178 valence electrons. The van der Waals surface area contributed by atoms with E-state index in [2.05, 4.69) is 37.0 Å². The molecule has 10 nitrogen and oxygen atoms in total. The van der Waals surface area contributed by atoms with Gasteiger partial charge in [-0.25, -0.2) is 18.4 Å². The minimum absolute atomic E-state index is 0.0355. The predicted octanol–water partition coefficient (Wildman–Crippen LogP) is 2.63. The van der Waals surface area contributed by atoms with Crippen molar-refractivity contribution in [1.82, 2.24) is 25.1 Å². The number of nitrogens with zero attached hydrogens (tertiary/aromatic N) is 7. The highest BCUT2D eigenvalue weighted by Crippen LogP contribution is 2.30. The molecule has 1 saturated heterocycles. The van der Waals surface area contributed by atoms with E-state index in [9.17, 15) is 17.2 Å². The first-order chi connectivity index (χ1) is 15.8. The molecule has 0 aromatic carbocycles. The maximum absolute atomic E-state index is 12.8. The summed E-state index contributed by atoms with van der Waals surface area (Å²) in [6.45, 7) is 5.10. The summed E-state index contributed by atoms with van der Waals surface area (Å²) < 4.78 is 57.2. The highest BCUT2D eigenvalue weighted by molar-refractivity contribution is 7.92. The minimum atomic E-state index is -3.63. The Hall–Kier alpha value is -2.71. The van der Waals surface area contributed by atoms with E-state index in [-0.39, 0.29) is 18.2 Å². The zero-order valence-electron chi connectivity index (χ0n) is 18.1. The number of alkyl halides is 2. The van der Waals surface area contributed by atoms with Crippen molar-refractivity contribution >= 4 is 32.9 Å². The van der Waals surface area contributed by atoms with Crippen molar-refractivity contribution in [3.05, 3.63) is 35.4 Å². The van der Waals surface area contributed by atoms with Crippen molar-refractivity contribution in [3.63, 3.8) is 0 Å². The summed E-state index contributed by atoms with van der Waals surface area (Å²) in [5, 5.41) is 7.36. The van der Waals surface area contributed by atoms with Gasteiger partial charge in [0.1, 0.15) is 15.7 Å². The Balaban J connectivity index is 1.54. The molecule has 14 heteroatoms. The Bertz CT molecular complexity index is 1180. The van der Waals surface area contributed by atoms with Gasteiger partial charge in [-0.2, -0.15) is 8.78 Å². The molecule has 1 aliphatic heterocycles. The molecule has 0 aliphatic carbocycles. The zero-order chi connectivity index (χ0) is 23.6. The minimum Gasteiger partial charge on any atom is -0.414 e. The number of rotatable bonds is 8. The summed E-state index contributed by atoms with van der Waals surface area (Å²) in [6.07, 6.45) is 0.0708. The largest absolute Gasteiger partial charge is 0.414 e. The van der Waals surface area contributed by atoms with Gasteiger partial charge in [-0.05, 0) is 26.1 Å². The highest BCUT2D eigenvalue weighted by Gasteiger charge is 2.25. The van der Waals surface area contributed by atoms with Gasteiger partial charge in [0, 0.05) is 26.2 Å². The number of likely N-dealkylation sites (N-methyl/N-ethyl adjacent to an activating group) is 1. The van der Waals surface area contributed by atoms with Crippen LogP contribution in [-0.4, -0.2) is 72.5 Å². The van der Waals surface area contributed by atoms with Gasteiger partial charge in [-0.3, -0.25) is 4.31 Å². The lowest BCUT2D eigenvalue weighted by atomic mass is 10.3. The maximum Gasteiger partial charge on any atom is 0.314 e. The fraction of sp³-hybridized carbons (Fsp3) is 0.474. The van der Waals surface area contributed by atoms with E-state index in [1.54, 1.807) is 19.2 Å². The number of halogens is 2. The van der Waals surface area contributed by atoms with Crippen LogP contribution < -0.4 is 9.21 Å². The molecule has 4 rings (SSSR count). The van der Waals surface area contributed by atoms with Crippen LogP contribution in [0.25, 0.3) is 10.8 Å². The lowest BCUT2D eigenvalue weighted by Crippen LogP contribution is -2.44. The molecule has 0 unspecified atom stereocenters. The number of anilines is 2. The Morgan fingerprint density at radius 2 is 1.91 bits per heavy atom. The molecule has 4 heterocycles. The van der Waals surface area contributed by atoms with E-state index in [0.717, 1.165) is 43.3 Å². The first-order valence-corrected chi connectivity index (χ1v) is 12.7. The molecule has 0 N–H and O–H groups in total. The van der Waals surface area contributed by atoms with Crippen molar-refractivity contribution in [2.24, 2.45) is 0 Å². The molecule has 0 saturated carbocycles. The van der Waals surface area contributed by atoms with Crippen LogP contribution in [-0.2, 0) is 16.6 Å². The average Bonchev–Trinajstić information content (AvgIpc) is 3.48. The molecule has 33 heavy (non-hydrogen) atoms. The Morgan fingerprint density at radius 3 is 2.52 bits per heavy atom. The summed E-state index contributed by atoms with van der Waals surface area (Å²) in [6, 6.07) is 3.55. The van der Waals surface area contributed by atoms with Crippen LogP contribution in [0.5, 0.6) is 0 Å². The number of hydrogen-bond donors (Lipinski definition) is 0. The number of piperazine rings is 1. The number of pyridine rings is 1. The third-order valence-corrected chi connectivity index (χ3v) is 7.93. The van der Waals surface area contributed by atoms with E-state index in [0.29, 0.717) is 15.6 Å². The summed E-state index contributed by atoms with van der Waals surface area (Å²) in [5.41, 5.74) is 0.421. The van der Waals surface area contributed by atoms with Gasteiger partial charge in [0.15, 0.2) is 0 Å². The van der Waals surface area contributed by atoms with Gasteiger partial charge in [-0.1, -0.05) is 0 Å². The van der Waals surface area contributed by atoms with Gasteiger partial charge < -0.3 is 14.2 Å². The molecule has 0 spiro atoms. The SMILES string of the molecule is CCS(=O)(=O)N(Cc1ncc(-c2nnc(C(F)F)o2)s1)c1ccc(N2CCN(C)CC2)nc1. The van der Waals surface area contributed by atoms with Gasteiger partial charge >= 0.3 is 6.43 Å². The molecule has 0 amide bonds. The van der Waals surface area contributed by atoms with E-state index in [1.807, 2.05) is 6.07 Å². The zero-order valence-corrected chi connectivity index (χ0v) is 19.7. The Labute approximate surface area is 193 Å². The summed E-state index contributed by atoms with van der Waals surface area (Å²) in [7, 11) is -1.56. The number of sulfonamides is 1. The van der Waals surface area contributed by atoms with Crippen molar-refractivity contribution in [3.8, 4) is 10.8 Å². The van der Waals surface area contributed by atoms with Crippen LogP contribution in [0.15, 0.2) is 28.9 Å². The van der Waals surface area contributed by atoms with Crippen molar-refractivity contribution in [1.29, 1.82) is 0 Å². The van der Waals surface area contributed by atoms with E-state index >= 15 is 0 Å². The molecular weight excluding hydrogens is 476 g/mol. The fourth-order valence-corrected chi connectivity index (χ4v) is 5.25. The Kier molecular flexibility index (Phi) is 6.86. The standard InChI is InChI=1S/C19H23F2N7O3S2/c1-3-33(29,30)28(13-4-5-15(22-10-13)27-8-6-26(2)7-9-27)12-16-23-11-14(32-16)18-24-25-19(31-18)17(20)21/h4-5,10-11,17H,3,6-9,12H2,1-2H3. The third kappa shape index (κ3) is 5.28. The van der Waals surface area contributed by atoms with Gasteiger partial charge in [-0.15, -0.1) is 21.5 Å². The van der Waals surface area contributed by atoms with E-state index in [1.165, 1.54) is 10.5 Å². The molecule has 1 fully saturated rings. The lowest BCUT2D eigenvalue weighted by Gasteiger charge is -2.33. The normalized spacial score (nSPS) is 15.4. The second-order valence-electron chi connectivity index (χ2n) is 7.44. The number of aromatic nitrogens is 4. The number of thiazole rings is 1. The fourth-order valence-electron chi connectivity index (χ4n) is 3.28. The van der Waals surface area contributed by atoms with Gasteiger partial charge in [0.25, 0.3) is 11.8 Å². The van der Waals surface area contributed by atoms with Crippen LogP contribution in [0.3, 0.4) is 0 Å². The van der Waals surface area contributed by atoms with Gasteiger partial charge in [0.2, 0.25) is 10.0 Å². The van der Waals surface area contributed by atoms with Crippen LogP contribution in [0.1, 0.15) is 24.2 Å². The molecule has 1 aliphatic rings. The third-order valence-electron chi connectivity index (χ3n) is 5.22. The van der Waals surface area contributed by atoms with Crippen LogP contribution in [0.4, 0.5) is 20.3 Å². The molecule has 0 atom stereocenters. The average molecular weight is 500 g/mol. The molecule has 3 aromatic rings. The lowest BCUT2D eigenvalue weighted by molar-refractivity contribution is 0.116. The molecular formula is C19H23F2N7O3S2. The van der Waals surface area contributed by atoms with E-state index < -0.39 is 22.3 Å². The smallest absolute Gasteiger partial charge is 0.314 e. The predicted molar refractivity (Wildman–Crippen MR) is 120 cm³/mol. The molecule has 3 aromatic heterocycles. The topological polar surface area (TPSA) is 109 Å². The second kappa shape index (κ2) is 9.65. The van der Waals surface area contributed by atoms with Crippen LogP contribution >= 0.6 is 11.3 Å².